The van der Waals surface area contributed by atoms with Gasteiger partial charge in [-0.3, -0.25) is 18.8 Å². The first-order valence-corrected chi connectivity index (χ1v) is 16.3. The van der Waals surface area contributed by atoms with Crippen molar-refractivity contribution in [1.82, 2.24) is 15.0 Å². The summed E-state index contributed by atoms with van der Waals surface area (Å²) in [4.78, 5) is 50.9. The van der Waals surface area contributed by atoms with Gasteiger partial charge in [0.2, 0.25) is 0 Å². The van der Waals surface area contributed by atoms with Crippen LogP contribution in [0.1, 0.15) is 58.3 Å². The second-order valence-corrected chi connectivity index (χ2v) is 14.6. The number of carbonyl (C=O) groups excluding carboxylic acids is 3. The summed E-state index contributed by atoms with van der Waals surface area (Å²) < 4.78 is 43.8. The molecule has 0 aliphatic carbocycles. The zero-order valence-corrected chi connectivity index (χ0v) is 27.7. The van der Waals surface area contributed by atoms with Gasteiger partial charge in [-0.15, -0.1) is 0 Å². The standard InChI is InChI=1S/C32H42N4O9S/c1-31(2,3)44-29(39)25(20-46(41,42)24-11-8-7-9-12-24)27(33)35-28(38)21-17-22-13-14-23(19-36(22)26(37)18-21)43-16-10-15-34-30(40)45-32(4,5)6/h7-9,11-14,17-19,25,27H,10,15-16,20,33H2,1-6H3,(H,34,40)(H,35,38). The van der Waals surface area contributed by atoms with Crippen molar-refractivity contribution < 1.29 is 37.0 Å². The predicted octanol–water partition coefficient (Wildman–Crippen LogP) is 3.04. The Morgan fingerprint density at radius 1 is 0.935 bits per heavy atom. The van der Waals surface area contributed by atoms with Crippen molar-refractivity contribution in [2.24, 2.45) is 11.7 Å². The molecule has 250 valence electrons. The molecule has 4 N–H and O–H groups in total. The molecule has 1 aromatic carbocycles. The third-order valence-corrected chi connectivity index (χ3v) is 8.02. The van der Waals surface area contributed by atoms with Crippen molar-refractivity contribution in [1.29, 1.82) is 0 Å². The Morgan fingerprint density at radius 3 is 2.22 bits per heavy atom. The number of rotatable bonds is 12. The molecule has 0 fully saturated rings. The number of nitrogens with one attached hydrogen (secondary N) is 2. The maximum Gasteiger partial charge on any atom is 0.407 e. The predicted molar refractivity (Wildman–Crippen MR) is 171 cm³/mol. The number of fused-ring (bicyclic) bond motifs is 1. The highest BCUT2D eigenvalue weighted by molar-refractivity contribution is 7.91. The fourth-order valence-corrected chi connectivity index (χ4v) is 5.76. The van der Waals surface area contributed by atoms with Gasteiger partial charge in [0, 0.05) is 23.7 Å². The number of amides is 2. The fraction of sp³-hybridized carbons (Fsp3) is 0.438. The van der Waals surface area contributed by atoms with Gasteiger partial charge in [-0.2, -0.15) is 0 Å². The molecule has 2 amide bonds. The minimum absolute atomic E-state index is 0.00884. The summed E-state index contributed by atoms with van der Waals surface area (Å²) in [6, 6.07) is 13.3. The lowest BCUT2D eigenvalue weighted by Gasteiger charge is -2.27. The third kappa shape index (κ3) is 10.9. The molecule has 0 bridgehead atoms. The van der Waals surface area contributed by atoms with E-state index in [9.17, 15) is 27.6 Å². The van der Waals surface area contributed by atoms with E-state index < -0.39 is 62.4 Å². The molecule has 46 heavy (non-hydrogen) atoms. The molecule has 2 atom stereocenters. The van der Waals surface area contributed by atoms with E-state index >= 15 is 0 Å². The molecule has 13 nitrogen and oxygen atoms in total. The summed E-state index contributed by atoms with van der Waals surface area (Å²) in [5.41, 5.74) is 4.47. The number of hydrogen-bond acceptors (Lipinski definition) is 10. The molecule has 0 saturated heterocycles. The Bertz CT molecular complexity index is 1710. The van der Waals surface area contributed by atoms with Crippen LogP contribution >= 0.6 is 0 Å². The number of pyridine rings is 2. The molecule has 0 aliphatic rings. The summed E-state index contributed by atoms with van der Waals surface area (Å²) in [6.45, 7) is 10.8. The monoisotopic (exact) mass is 658 g/mol. The number of nitrogens with zero attached hydrogens (tertiary/aromatic N) is 1. The van der Waals surface area contributed by atoms with Crippen LogP contribution in [0.3, 0.4) is 0 Å². The van der Waals surface area contributed by atoms with Gasteiger partial charge in [0.25, 0.3) is 11.5 Å². The Morgan fingerprint density at radius 2 is 1.59 bits per heavy atom. The zero-order chi connectivity index (χ0) is 34.3. The quantitative estimate of drug-likeness (QED) is 0.148. The zero-order valence-electron chi connectivity index (χ0n) is 26.9. The van der Waals surface area contributed by atoms with Gasteiger partial charge in [0.05, 0.1) is 29.6 Å². The molecule has 3 rings (SSSR count). The molecule has 0 saturated carbocycles. The van der Waals surface area contributed by atoms with Crippen LogP contribution in [0, 0.1) is 5.92 Å². The van der Waals surface area contributed by atoms with Crippen LogP contribution in [0.4, 0.5) is 4.79 Å². The lowest BCUT2D eigenvalue weighted by molar-refractivity contribution is -0.160. The highest BCUT2D eigenvalue weighted by Gasteiger charge is 2.36. The summed E-state index contributed by atoms with van der Waals surface area (Å²) in [5, 5.41) is 5.10. The SMILES string of the molecule is CC(C)(C)OC(=O)NCCCOc1ccc2cc(C(=O)NC(N)C(CS(=O)(=O)c3ccccc3)C(=O)OC(C)(C)C)cc(=O)n2c1. The molecule has 0 aliphatic heterocycles. The summed E-state index contributed by atoms with van der Waals surface area (Å²) in [7, 11) is -3.99. The van der Waals surface area contributed by atoms with E-state index in [0.717, 1.165) is 6.07 Å². The van der Waals surface area contributed by atoms with Crippen LogP contribution in [0.15, 0.2) is 70.5 Å². The first-order valence-electron chi connectivity index (χ1n) is 14.7. The Balaban J connectivity index is 1.70. The number of sulfone groups is 1. The topological polar surface area (TPSA) is 185 Å². The molecule has 2 unspecified atom stereocenters. The second-order valence-electron chi connectivity index (χ2n) is 12.6. The number of esters is 1. The van der Waals surface area contributed by atoms with Crippen molar-refractivity contribution in [3.63, 3.8) is 0 Å². The number of ether oxygens (including phenoxy) is 3. The van der Waals surface area contributed by atoms with E-state index in [1.807, 2.05) is 0 Å². The minimum atomic E-state index is -3.99. The normalized spacial score (nSPS) is 13.4. The maximum atomic E-state index is 13.2. The highest BCUT2D eigenvalue weighted by atomic mass is 32.2. The molecule has 2 heterocycles. The summed E-state index contributed by atoms with van der Waals surface area (Å²) >= 11 is 0. The average molecular weight is 659 g/mol. The summed E-state index contributed by atoms with van der Waals surface area (Å²) in [6.07, 6.45) is -0.0232. The Labute approximate surface area is 268 Å². The smallest absolute Gasteiger partial charge is 0.407 e. The van der Waals surface area contributed by atoms with Crippen molar-refractivity contribution in [3.05, 3.63) is 76.7 Å². The lowest BCUT2D eigenvalue weighted by Crippen LogP contribution is -2.53. The van der Waals surface area contributed by atoms with Gasteiger partial charge in [0.15, 0.2) is 9.84 Å². The van der Waals surface area contributed by atoms with Gasteiger partial charge in [-0.25, -0.2) is 13.2 Å². The van der Waals surface area contributed by atoms with Crippen molar-refractivity contribution in [2.45, 2.75) is 70.2 Å². The van der Waals surface area contributed by atoms with Gasteiger partial charge < -0.3 is 30.6 Å². The van der Waals surface area contributed by atoms with Crippen LogP contribution in [0.25, 0.3) is 5.52 Å². The van der Waals surface area contributed by atoms with Crippen molar-refractivity contribution >= 4 is 33.3 Å². The third-order valence-electron chi connectivity index (χ3n) is 6.23. The molecule has 2 aromatic heterocycles. The van der Waals surface area contributed by atoms with Gasteiger partial charge in [-0.05, 0) is 78.3 Å². The van der Waals surface area contributed by atoms with E-state index in [-0.39, 0.29) is 17.1 Å². The van der Waals surface area contributed by atoms with Gasteiger partial charge in [0.1, 0.15) is 22.9 Å². The Hall–Kier alpha value is -4.43. The number of aromatic nitrogens is 1. The molecule has 0 radical (unpaired) electrons. The molecule has 3 aromatic rings. The second kappa shape index (κ2) is 14.8. The first-order chi connectivity index (χ1) is 21.3. The van der Waals surface area contributed by atoms with Crippen molar-refractivity contribution in [3.8, 4) is 5.75 Å². The molecular weight excluding hydrogens is 616 g/mol. The Kier molecular flexibility index (Phi) is 11.6. The largest absolute Gasteiger partial charge is 0.492 e. The number of benzene rings is 1. The fourth-order valence-electron chi connectivity index (χ4n) is 4.18. The van der Waals surface area contributed by atoms with E-state index in [1.54, 1.807) is 71.9 Å². The molecule has 14 heteroatoms. The van der Waals surface area contributed by atoms with Crippen LogP contribution < -0.4 is 26.7 Å². The number of alkyl carbamates (subject to hydrolysis) is 1. The van der Waals surface area contributed by atoms with E-state index in [4.69, 9.17) is 19.9 Å². The molecular formula is C32H42N4O9S. The first kappa shape index (κ1) is 36.0. The summed E-state index contributed by atoms with van der Waals surface area (Å²) in [5.74, 6) is -3.45. The van der Waals surface area contributed by atoms with Crippen molar-refractivity contribution in [2.75, 3.05) is 18.9 Å². The molecule has 0 spiro atoms. The van der Waals surface area contributed by atoms with Crippen LogP contribution in [0.5, 0.6) is 5.75 Å². The van der Waals surface area contributed by atoms with Crippen LogP contribution in [0.2, 0.25) is 0 Å². The average Bonchev–Trinajstić information content (AvgIpc) is 2.94. The van der Waals surface area contributed by atoms with E-state index in [1.165, 1.54) is 28.8 Å². The highest BCUT2D eigenvalue weighted by Crippen LogP contribution is 2.20. The minimum Gasteiger partial charge on any atom is -0.492 e. The van der Waals surface area contributed by atoms with Crippen LogP contribution in [-0.4, -0.2) is 67.1 Å². The number of hydrogen-bond donors (Lipinski definition) is 3. The number of carbonyl (C=O) groups is 3. The lowest BCUT2D eigenvalue weighted by atomic mass is 10.1. The van der Waals surface area contributed by atoms with E-state index in [0.29, 0.717) is 24.2 Å². The van der Waals surface area contributed by atoms with Crippen LogP contribution in [-0.2, 0) is 24.1 Å². The van der Waals surface area contributed by atoms with Gasteiger partial charge >= 0.3 is 12.1 Å². The maximum absolute atomic E-state index is 13.2. The number of nitrogens with two attached hydrogens (primary N) is 1. The van der Waals surface area contributed by atoms with E-state index in [2.05, 4.69) is 10.6 Å². The van der Waals surface area contributed by atoms with Gasteiger partial charge in [-0.1, -0.05) is 18.2 Å².